The largest absolute Gasteiger partial charge is 0.325 e. The fraction of sp³-hybridized carbons (Fsp3) is 0.533. The number of imidazole rings is 1. The molecule has 0 saturated carbocycles. The topological polar surface area (TPSA) is 17.8 Å². The quantitative estimate of drug-likeness (QED) is 0.656. The van der Waals surface area contributed by atoms with E-state index in [0.717, 1.165) is 36.1 Å². The number of halogens is 3. The standard InChI is InChI=1S/C15H19Cl2FN2/c1-3-4-5-10(2)20-14-9-12(18)11(17)8-13(14)19-15(20)6-7-16/h8-10H,3-7H2,1-2H3. The van der Waals surface area contributed by atoms with Crippen LogP contribution in [0.25, 0.3) is 11.0 Å². The number of aromatic nitrogens is 2. The maximum atomic E-state index is 13.7. The van der Waals surface area contributed by atoms with Gasteiger partial charge in [-0.2, -0.15) is 0 Å². The van der Waals surface area contributed by atoms with E-state index in [9.17, 15) is 4.39 Å². The molecule has 0 N–H and O–H groups in total. The fourth-order valence-electron chi connectivity index (χ4n) is 2.52. The first-order chi connectivity index (χ1) is 9.58. The van der Waals surface area contributed by atoms with Crippen molar-refractivity contribution >= 4 is 34.2 Å². The van der Waals surface area contributed by atoms with E-state index in [4.69, 9.17) is 23.2 Å². The Hall–Kier alpha value is -0.800. The van der Waals surface area contributed by atoms with Gasteiger partial charge in [-0.1, -0.05) is 31.4 Å². The van der Waals surface area contributed by atoms with Gasteiger partial charge in [0, 0.05) is 24.4 Å². The summed E-state index contributed by atoms with van der Waals surface area (Å²) in [4.78, 5) is 4.56. The van der Waals surface area contributed by atoms with E-state index in [1.165, 1.54) is 6.07 Å². The number of hydrogen-bond donors (Lipinski definition) is 0. The molecule has 1 atom stereocenters. The van der Waals surface area contributed by atoms with Crippen LogP contribution in [-0.4, -0.2) is 15.4 Å². The van der Waals surface area contributed by atoms with E-state index in [0.29, 0.717) is 12.3 Å². The lowest BCUT2D eigenvalue weighted by Gasteiger charge is -2.17. The molecule has 1 heterocycles. The van der Waals surface area contributed by atoms with Crippen LogP contribution >= 0.6 is 23.2 Å². The van der Waals surface area contributed by atoms with Gasteiger partial charge in [-0.15, -0.1) is 11.6 Å². The van der Waals surface area contributed by atoms with Crippen molar-refractivity contribution in [1.29, 1.82) is 0 Å². The van der Waals surface area contributed by atoms with Gasteiger partial charge in [0.25, 0.3) is 0 Å². The minimum atomic E-state index is -0.402. The highest BCUT2D eigenvalue weighted by atomic mass is 35.5. The summed E-state index contributed by atoms with van der Waals surface area (Å²) in [5.41, 5.74) is 1.54. The summed E-state index contributed by atoms with van der Waals surface area (Å²) in [5, 5.41) is 0.112. The molecule has 5 heteroatoms. The summed E-state index contributed by atoms with van der Waals surface area (Å²) < 4.78 is 15.8. The van der Waals surface area contributed by atoms with Crippen LogP contribution in [0, 0.1) is 5.82 Å². The van der Waals surface area contributed by atoms with Gasteiger partial charge >= 0.3 is 0 Å². The third-order valence-electron chi connectivity index (χ3n) is 3.54. The maximum absolute atomic E-state index is 13.7. The predicted octanol–water partition coefficient (Wildman–Crippen LogP) is 5.36. The van der Waals surface area contributed by atoms with E-state index in [2.05, 4.69) is 23.4 Å². The number of aryl methyl sites for hydroxylation is 1. The Kier molecular flexibility index (Phi) is 5.28. The van der Waals surface area contributed by atoms with E-state index >= 15 is 0 Å². The Morgan fingerprint density at radius 3 is 2.80 bits per heavy atom. The molecule has 0 bridgehead atoms. The Balaban J connectivity index is 2.52. The number of rotatable bonds is 6. The summed E-state index contributed by atoms with van der Waals surface area (Å²) in [7, 11) is 0. The van der Waals surface area contributed by atoms with Crippen molar-refractivity contribution in [2.24, 2.45) is 0 Å². The molecule has 110 valence electrons. The molecule has 0 amide bonds. The molecule has 2 rings (SSSR count). The lowest BCUT2D eigenvalue weighted by atomic mass is 10.1. The summed E-state index contributed by atoms with van der Waals surface area (Å²) in [6.07, 6.45) is 3.99. The predicted molar refractivity (Wildman–Crippen MR) is 83.4 cm³/mol. The van der Waals surface area contributed by atoms with Crippen LogP contribution in [0.5, 0.6) is 0 Å². The van der Waals surface area contributed by atoms with Gasteiger partial charge in [0.05, 0.1) is 16.1 Å². The highest BCUT2D eigenvalue weighted by Crippen LogP contribution is 2.28. The Bertz CT molecular complexity index is 595. The highest BCUT2D eigenvalue weighted by molar-refractivity contribution is 6.31. The smallest absolute Gasteiger partial charge is 0.144 e. The van der Waals surface area contributed by atoms with Gasteiger partial charge in [0.1, 0.15) is 11.6 Å². The van der Waals surface area contributed by atoms with Crippen LogP contribution < -0.4 is 0 Å². The number of benzene rings is 1. The second kappa shape index (κ2) is 6.77. The molecule has 0 spiro atoms. The Morgan fingerprint density at radius 1 is 1.40 bits per heavy atom. The van der Waals surface area contributed by atoms with Crippen molar-refractivity contribution in [2.75, 3.05) is 5.88 Å². The average molecular weight is 317 g/mol. The molecule has 0 fully saturated rings. The Labute approximate surface area is 128 Å². The molecule has 0 aliphatic rings. The van der Waals surface area contributed by atoms with Crippen molar-refractivity contribution in [3.63, 3.8) is 0 Å². The van der Waals surface area contributed by atoms with Gasteiger partial charge in [-0.25, -0.2) is 9.37 Å². The minimum Gasteiger partial charge on any atom is -0.325 e. The minimum absolute atomic E-state index is 0.112. The van der Waals surface area contributed by atoms with Crippen LogP contribution in [0.4, 0.5) is 4.39 Å². The molecule has 0 radical (unpaired) electrons. The number of fused-ring (bicyclic) bond motifs is 1. The second-order valence-corrected chi connectivity index (χ2v) is 5.87. The van der Waals surface area contributed by atoms with Crippen molar-refractivity contribution in [1.82, 2.24) is 9.55 Å². The van der Waals surface area contributed by atoms with Crippen LogP contribution in [0.15, 0.2) is 12.1 Å². The molecular weight excluding hydrogens is 298 g/mol. The number of nitrogens with zero attached hydrogens (tertiary/aromatic N) is 2. The summed E-state index contributed by atoms with van der Waals surface area (Å²) in [6, 6.07) is 3.34. The van der Waals surface area contributed by atoms with Crippen molar-refractivity contribution in [2.45, 2.75) is 45.6 Å². The summed E-state index contributed by atoms with van der Waals surface area (Å²) >= 11 is 11.7. The zero-order valence-corrected chi connectivity index (χ0v) is 13.3. The molecule has 2 aromatic rings. The van der Waals surface area contributed by atoms with Crippen LogP contribution in [0.2, 0.25) is 5.02 Å². The van der Waals surface area contributed by atoms with Crippen LogP contribution in [-0.2, 0) is 6.42 Å². The summed E-state index contributed by atoms with van der Waals surface area (Å²) in [5.74, 6) is 1.00. The molecule has 0 aliphatic carbocycles. The molecular formula is C15H19Cl2FN2. The average Bonchev–Trinajstić information content (AvgIpc) is 2.74. The lowest BCUT2D eigenvalue weighted by molar-refractivity contribution is 0.481. The molecule has 0 saturated heterocycles. The third kappa shape index (κ3) is 3.09. The number of alkyl halides is 1. The molecule has 1 aromatic heterocycles. The van der Waals surface area contributed by atoms with Gasteiger partial charge in [0.15, 0.2) is 0 Å². The maximum Gasteiger partial charge on any atom is 0.144 e. The molecule has 20 heavy (non-hydrogen) atoms. The molecule has 1 aromatic carbocycles. The van der Waals surface area contributed by atoms with Gasteiger partial charge in [-0.3, -0.25) is 0 Å². The molecule has 2 nitrogen and oxygen atoms in total. The van der Waals surface area contributed by atoms with Gasteiger partial charge in [0.2, 0.25) is 0 Å². The summed E-state index contributed by atoms with van der Waals surface area (Å²) in [6.45, 7) is 4.30. The fourth-order valence-corrected chi connectivity index (χ4v) is 2.85. The normalized spacial score (nSPS) is 13.1. The first-order valence-electron chi connectivity index (χ1n) is 7.00. The van der Waals surface area contributed by atoms with E-state index in [-0.39, 0.29) is 11.1 Å². The Morgan fingerprint density at radius 2 is 2.15 bits per heavy atom. The van der Waals surface area contributed by atoms with E-state index < -0.39 is 5.82 Å². The SMILES string of the molecule is CCCCC(C)n1c(CCCl)nc2cc(Cl)c(F)cc21. The van der Waals surface area contributed by atoms with Crippen molar-refractivity contribution in [3.8, 4) is 0 Å². The van der Waals surface area contributed by atoms with Gasteiger partial charge < -0.3 is 4.57 Å². The van der Waals surface area contributed by atoms with Crippen LogP contribution in [0.3, 0.4) is 0 Å². The van der Waals surface area contributed by atoms with E-state index in [1.54, 1.807) is 6.07 Å². The number of unbranched alkanes of at least 4 members (excludes halogenated alkanes) is 1. The van der Waals surface area contributed by atoms with Crippen LogP contribution in [0.1, 0.15) is 45.0 Å². The first-order valence-corrected chi connectivity index (χ1v) is 7.91. The van der Waals surface area contributed by atoms with Crippen molar-refractivity contribution < 1.29 is 4.39 Å². The number of hydrogen-bond acceptors (Lipinski definition) is 1. The molecule has 0 aliphatic heterocycles. The molecule has 1 unspecified atom stereocenters. The highest BCUT2D eigenvalue weighted by Gasteiger charge is 2.17. The van der Waals surface area contributed by atoms with Crippen molar-refractivity contribution in [3.05, 3.63) is 28.8 Å². The second-order valence-electron chi connectivity index (χ2n) is 5.08. The van der Waals surface area contributed by atoms with Gasteiger partial charge in [-0.05, 0) is 19.4 Å². The zero-order valence-electron chi connectivity index (χ0n) is 11.8. The first kappa shape index (κ1) is 15.6. The lowest BCUT2D eigenvalue weighted by Crippen LogP contribution is -2.10. The zero-order chi connectivity index (χ0) is 14.7. The third-order valence-corrected chi connectivity index (χ3v) is 4.02. The monoisotopic (exact) mass is 316 g/mol. The van der Waals surface area contributed by atoms with E-state index in [1.807, 2.05) is 0 Å².